The second-order valence-corrected chi connectivity index (χ2v) is 1.15. The van der Waals surface area contributed by atoms with Crippen LogP contribution in [-0.2, 0) is 0 Å². The Morgan fingerprint density at radius 1 is 1.83 bits per heavy atom. The monoisotopic (exact) mass is 82.1 g/mol. The summed E-state index contributed by atoms with van der Waals surface area (Å²) >= 11 is 0. The molecule has 0 unspecified atom stereocenters. The van der Waals surface area contributed by atoms with Gasteiger partial charge in [-0.25, -0.2) is 0 Å². The highest BCUT2D eigenvalue weighted by molar-refractivity contribution is 5.18. The zero-order valence-corrected chi connectivity index (χ0v) is 3.46. The van der Waals surface area contributed by atoms with Crippen molar-refractivity contribution in [2.45, 2.75) is 0 Å². The van der Waals surface area contributed by atoms with Gasteiger partial charge in [-0.2, -0.15) is 0 Å². The molecule has 6 heavy (non-hydrogen) atoms. The third-order valence-corrected chi connectivity index (χ3v) is 0.646. The predicted molar refractivity (Wildman–Crippen MR) is 24.7 cm³/mol. The van der Waals surface area contributed by atoms with E-state index >= 15 is 0 Å². The zero-order chi connectivity index (χ0) is 4.41. The first-order chi connectivity index (χ1) is 2.89. The predicted octanol–water partition coefficient (Wildman–Crippen LogP) is 0.516. The molecule has 1 rings (SSSR count). The molecule has 0 radical (unpaired) electrons. The molecule has 0 atom stereocenters. The van der Waals surface area contributed by atoms with Crippen LogP contribution in [-0.4, -0.2) is 17.9 Å². The van der Waals surface area contributed by atoms with E-state index in [9.17, 15) is 0 Å². The summed E-state index contributed by atoms with van der Waals surface area (Å²) in [6.45, 7) is 4.31. The average Bonchev–Trinajstić information content (AvgIpc) is 1.86. The molecule has 2 nitrogen and oxygen atoms in total. The summed E-state index contributed by atoms with van der Waals surface area (Å²) < 4.78 is 1.56. The smallest absolute Gasteiger partial charge is 0.158 e. The van der Waals surface area contributed by atoms with Crippen molar-refractivity contribution in [3.63, 3.8) is 0 Å². The van der Waals surface area contributed by atoms with Crippen molar-refractivity contribution in [3.05, 3.63) is 17.7 Å². The normalized spacial score (nSPS) is 18.3. The number of hydrogen-bond acceptors (Lipinski definition) is 0. The van der Waals surface area contributed by atoms with Crippen molar-refractivity contribution < 1.29 is 4.68 Å². The molecule has 0 saturated heterocycles. The summed E-state index contributed by atoms with van der Waals surface area (Å²) in [7, 11) is 0. The van der Waals surface area contributed by atoms with Gasteiger partial charge in [0.2, 0.25) is 0 Å². The molecular formula is C4H6N2. The first-order valence-electron chi connectivity index (χ1n) is 1.83. The fraction of sp³-hybridized carbons (Fsp3) is 0.250. The highest BCUT2D eigenvalue weighted by atomic mass is 15.4. The molecule has 0 bridgehead atoms. The van der Waals surface area contributed by atoms with Crippen LogP contribution in [0.25, 0.3) is 5.43 Å². The van der Waals surface area contributed by atoms with Gasteiger partial charge in [-0.1, -0.05) is 6.54 Å². The van der Waals surface area contributed by atoms with E-state index in [1.54, 1.807) is 4.68 Å². The summed E-state index contributed by atoms with van der Waals surface area (Å²) in [5.74, 6) is 0. The number of nitrogens with zero attached hydrogens (tertiary/aromatic N) is 2. The molecular weight excluding hydrogens is 76.1 g/mol. The first-order valence-corrected chi connectivity index (χ1v) is 1.83. The van der Waals surface area contributed by atoms with Crippen LogP contribution in [0.1, 0.15) is 0 Å². The van der Waals surface area contributed by atoms with Crippen LogP contribution >= 0.6 is 0 Å². The maximum absolute atomic E-state index is 3.85. The summed E-state index contributed by atoms with van der Waals surface area (Å²) in [6.07, 6.45) is 3.78. The molecule has 0 spiro atoms. The molecule has 0 aromatic heterocycles. The Kier molecular flexibility index (Phi) is 0.638. The standard InChI is InChI=1S/C4H6N2/c1-6-4-2-3-5-6/h2,4H,1,3H2. The van der Waals surface area contributed by atoms with Crippen LogP contribution in [0.4, 0.5) is 0 Å². The lowest BCUT2D eigenvalue weighted by Crippen LogP contribution is -1.83. The van der Waals surface area contributed by atoms with Gasteiger partial charge in [0.15, 0.2) is 6.20 Å². The summed E-state index contributed by atoms with van der Waals surface area (Å²) in [5.41, 5.74) is 3.85. The Hall–Kier alpha value is -0.790. The van der Waals surface area contributed by atoms with Gasteiger partial charge in [0.05, 0.1) is 0 Å². The van der Waals surface area contributed by atoms with Crippen LogP contribution in [0, 0.1) is 0 Å². The highest BCUT2D eigenvalue weighted by Crippen LogP contribution is 1.96. The van der Waals surface area contributed by atoms with Crippen LogP contribution in [0.5, 0.6) is 0 Å². The first kappa shape index (κ1) is 3.40. The van der Waals surface area contributed by atoms with Crippen molar-refractivity contribution in [1.82, 2.24) is 0 Å². The van der Waals surface area contributed by atoms with Gasteiger partial charge >= 0.3 is 0 Å². The van der Waals surface area contributed by atoms with Crippen molar-refractivity contribution in [3.8, 4) is 0 Å². The molecule has 1 aliphatic heterocycles. The quantitative estimate of drug-likeness (QED) is 0.379. The Morgan fingerprint density at radius 3 is 2.83 bits per heavy atom. The lowest BCUT2D eigenvalue weighted by molar-refractivity contribution is -0.383. The van der Waals surface area contributed by atoms with Crippen molar-refractivity contribution >= 4 is 6.72 Å². The molecule has 0 N–H and O–H groups in total. The van der Waals surface area contributed by atoms with Crippen LogP contribution in [0.2, 0.25) is 0 Å². The Bertz CT molecular complexity index is 93.7. The second kappa shape index (κ2) is 1.12. The van der Waals surface area contributed by atoms with Gasteiger partial charge in [-0.3, -0.25) is 4.68 Å². The molecule has 0 fully saturated rings. The van der Waals surface area contributed by atoms with Crippen molar-refractivity contribution in [2.24, 2.45) is 0 Å². The summed E-state index contributed by atoms with van der Waals surface area (Å²) in [4.78, 5) is 0. The van der Waals surface area contributed by atoms with E-state index in [-0.39, 0.29) is 0 Å². The maximum atomic E-state index is 3.85. The molecule has 0 aliphatic carbocycles. The van der Waals surface area contributed by atoms with E-state index in [1.165, 1.54) is 0 Å². The fourth-order valence-electron chi connectivity index (χ4n) is 0.368. The second-order valence-electron chi connectivity index (χ2n) is 1.15. The summed E-state index contributed by atoms with van der Waals surface area (Å²) in [6, 6.07) is 0. The van der Waals surface area contributed by atoms with E-state index < -0.39 is 0 Å². The van der Waals surface area contributed by atoms with Gasteiger partial charge in [0.25, 0.3) is 0 Å². The Balaban J connectivity index is 2.59. The molecule has 1 aliphatic rings. The van der Waals surface area contributed by atoms with Crippen molar-refractivity contribution in [1.29, 1.82) is 0 Å². The van der Waals surface area contributed by atoms with Crippen molar-refractivity contribution in [2.75, 3.05) is 6.54 Å². The molecule has 0 amide bonds. The average molecular weight is 82.1 g/mol. The lowest BCUT2D eigenvalue weighted by atomic mass is 10.7. The van der Waals surface area contributed by atoms with E-state index in [0.717, 1.165) is 6.54 Å². The summed E-state index contributed by atoms with van der Waals surface area (Å²) in [5, 5.41) is 0. The lowest BCUT2D eigenvalue weighted by Gasteiger charge is -1.97. The Labute approximate surface area is 36.8 Å². The van der Waals surface area contributed by atoms with Crippen LogP contribution < -0.4 is 0 Å². The van der Waals surface area contributed by atoms with Gasteiger partial charge in [0, 0.05) is 0 Å². The van der Waals surface area contributed by atoms with Gasteiger partial charge in [-0.15, -0.1) is 0 Å². The topological polar surface area (TPSA) is 17.1 Å². The molecule has 2 heteroatoms. The minimum absolute atomic E-state index is 0.795. The molecule has 0 saturated carbocycles. The van der Waals surface area contributed by atoms with Crippen LogP contribution in [0.15, 0.2) is 12.3 Å². The Morgan fingerprint density at radius 2 is 2.67 bits per heavy atom. The number of rotatable bonds is 0. The van der Waals surface area contributed by atoms with E-state index in [4.69, 9.17) is 0 Å². The largest absolute Gasteiger partial charge is 0.431 e. The highest BCUT2D eigenvalue weighted by Gasteiger charge is 1.83. The van der Waals surface area contributed by atoms with E-state index in [2.05, 4.69) is 12.1 Å². The zero-order valence-electron chi connectivity index (χ0n) is 3.46. The van der Waals surface area contributed by atoms with Crippen LogP contribution in [0.3, 0.4) is 0 Å². The molecule has 0 aromatic rings. The van der Waals surface area contributed by atoms with Gasteiger partial charge < -0.3 is 5.43 Å². The van der Waals surface area contributed by atoms with E-state index in [1.807, 2.05) is 12.3 Å². The SMILES string of the molecule is C=[N+]1C=CC[N-]1. The fourth-order valence-corrected chi connectivity index (χ4v) is 0.368. The molecule has 1 heterocycles. The van der Waals surface area contributed by atoms with Gasteiger partial charge in [0.1, 0.15) is 6.72 Å². The molecule has 32 valence electrons. The number of hydrogen-bond donors (Lipinski definition) is 0. The van der Waals surface area contributed by atoms with Gasteiger partial charge in [-0.05, 0) is 6.08 Å². The van der Waals surface area contributed by atoms with E-state index in [0.29, 0.717) is 0 Å². The maximum Gasteiger partial charge on any atom is 0.158 e. The molecule has 0 aromatic carbocycles. The minimum Gasteiger partial charge on any atom is -0.431 e. The minimum atomic E-state index is 0.795. The third-order valence-electron chi connectivity index (χ3n) is 0.646. The third kappa shape index (κ3) is 0.407.